The fourth-order valence-corrected chi connectivity index (χ4v) is 2.06. The van der Waals surface area contributed by atoms with Gasteiger partial charge < -0.3 is 5.32 Å². The standard InChI is InChI=1S/C17H18FNO/c1-13(15-7-3-2-4-8-15)12-19-17(20)11-14-6-5-9-16(18)10-14/h2-10,13H,11-12H2,1H3,(H,19,20). The molecular weight excluding hydrogens is 253 g/mol. The van der Waals surface area contributed by atoms with E-state index in [-0.39, 0.29) is 24.1 Å². The minimum absolute atomic E-state index is 0.0848. The van der Waals surface area contributed by atoms with Crippen molar-refractivity contribution in [3.05, 3.63) is 71.5 Å². The lowest BCUT2D eigenvalue weighted by molar-refractivity contribution is -0.120. The van der Waals surface area contributed by atoms with Gasteiger partial charge in [0.2, 0.25) is 5.91 Å². The number of amides is 1. The first kappa shape index (κ1) is 14.3. The average molecular weight is 271 g/mol. The number of rotatable bonds is 5. The van der Waals surface area contributed by atoms with E-state index in [9.17, 15) is 9.18 Å². The van der Waals surface area contributed by atoms with Crippen LogP contribution in [0, 0.1) is 5.82 Å². The first-order chi connectivity index (χ1) is 9.65. The van der Waals surface area contributed by atoms with Gasteiger partial charge in [0.25, 0.3) is 0 Å². The van der Waals surface area contributed by atoms with Gasteiger partial charge in [-0.2, -0.15) is 0 Å². The van der Waals surface area contributed by atoms with Crippen LogP contribution in [-0.2, 0) is 11.2 Å². The van der Waals surface area contributed by atoms with Crippen LogP contribution in [0.5, 0.6) is 0 Å². The Morgan fingerprint density at radius 3 is 2.60 bits per heavy atom. The third kappa shape index (κ3) is 4.19. The Morgan fingerprint density at radius 1 is 1.15 bits per heavy atom. The maximum atomic E-state index is 13.0. The molecular formula is C17H18FNO. The largest absolute Gasteiger partial charge is 0.355 e. The quantitative estimate of drug-likeness (QED) is 0.888. The molecule has 1 atom stereocenters. The first-order valence-corrected chi connectivity index (χ1v) is 6.71. The third-order valence-corrected chi connectivity index (χ3v) is 3.23. The predicted octanol–water partition coefficient (Wildman–Crippen LogP) is 3.29. The van der Waals surface area contributed by atoms with Crippen molar-refractivity contribution in [2.45, 2.75) is 19.3 Å². The molecule has 0 fully saturated rings. The van der Waals surface area contributed by atoms with Crippen LogP contribution in [0.1, 0.15) is 24.0 Å². The van der Waals surface area contributed by atoms with Gasteiger partial charge >= 0.3 is 0 Å². The summed E-state index contributed by atoms with van der Waals surface area (Å²) in [4.78, 5) is 11.8. The van der Waals surface area contributed by atoms with Crippen molar-refractivity contribution in [3.8, 4) is 0 Å². The molecule has 0 aromatic heterocycles. The van der Waals surface area contributed by atoms with E-state index < -0.39 is 0 Å². The monoisotopic (exact) mass is 271 g/mol. The Kier molecular flexibility index (Phi) is 4.88. The molecule has 20 heavy (non-hydrogen) atoms. The normalized spacial score (nSPS) is 11.9. The summed E-state index contributed by atoms with van der Waals surface area (Å²) in [6, 6.07) is 16.2. The highest BCUT2D eigenvalue weighted by atomic mass is 19.1. The van der Waals surface area contributed by atoms with Gasteiger partial charge in [-0.3, -0.25) is 4.79 Å². The summed E-state index contributed by atoms with van der Waals surface area (Å²) in [6.45, 7) is 2.65. The minimum Gasteiger partial charge on any atom is -0.355 e. The molecule has 0 saturated carbocycles. The molecule has 2 rings (SSSR count). The molecule has 0 aliphatic heterocycles. The first-order valence-electron chi connectivity index (χ1n) is 6.71. The Hall–Kier alpha value is -2.16. The summed E-state index contributed by atoms with van der Waals surface area (Å²) in [5.41, 5.74) is 1.88. The maximum absolute atomic E-state index is 13.0. The van der Waals surface area contributed by atoms with Crippen molar-refractivity contribution in [2.75, 3.05) is 6.54 Å². The van der Waals surface area contributed by atoms with Crippen molar-refractivity contribution in [2.24, 2.45) is 0 Å². The lowest BCUT2D eigenvalue weighted by atomic mass is 10.0. The van der Waals surface area contributed by atoms with Crippen molar-refractivity contribution < 1.29 is 9.18 Å². The molecule has 2 aromatic carbocycles. The van der Waals surface area contributed by atoms with E-state index in [2.05, 4.69) is 12.2 Å². The molecule has 1 N–H and O–H groups in total. The molecule has 1 amide bonds. The van der Waals surface area contributed by atoms with Crippen LogP contribution < -0.4 is 5.32 Å². The lowest BCUT2D eigenvalue weighted by Gasteiger charge is -2.13. The van der Waals surface area contributed by atoms with E-state index in [0.29, 0.717) is 12.1 Å². The van der Waals surface area contributed by atoms with Crippen LogP contribution >= 0.6 is 0 Å². The van der Waals surface area contributed by atoms with E-state index in [1.165, 1.54) is 17.7 Å². The zero-order valence-corrected chi connectivity index (χ0v) is 11.5. The SMILES string of the molecule is CC(CNC(=O)Cc1cccc(F)c1)c1ccccc1. The van der Waals surface area contributed by atoms with E-state index >= 15 is 0 Å². The van der Waals surface area contributed by atoms with Gasteiger partial charge in [-0.1, -0.05) is 49.4 Å². The Morgan fingerprint density at radius 2 is 1.90 bits per heavy atom. The van der Waals surface area contributed by atoms with E-state index in [1.807, 2.05) is 30.3 Å². The zero-order valence-electron chi connectivity index (χ0n) is 11.5. The second kappa shape index (κ2) is 6.85. The fraction of sp³-hybridized carbons (Fsp3) is 0.235. The summed E-state index contributed by atoms with van der Waals surface area (Å²) < 4.78 is 13.0. The van der Waals surface area contributed by atoms with Gasteiger partial charge in [0.05, 0.1) is 6.42 Å². The summed E-state index contributed by atoms with van der Waals surface area (Å²) in [7, 11) is 0. The van der Waals surface area contributed by atoms with Gasteiger partial charge in [-0.25, -0.2) is 4.39 Å². The van der Waals surface area contributed by atoms with Crippen LogP contribution in [0.25, 0.3) is 0 Å². The smallest absolute Gasteiger partial charge is 0.224 e. The molecule has 0 radical (unpaired) electrons. The molecule has 2 aromatic rings. The summed E-state index contributed by atoms with van der Waals surface area (Å²) in [5, 5.41) is 2.89. The Bertz CT molecular complexity index is 568. The van der Waals surface area contributed by atoms with Gasteiger partial charge in [0.1, 0.15) is 5.82 Å². The minimum atomic E-state index is -0.312. The number of halogens is 1. The average Bonchev–Trinajstić information content (AvgIpc) is 2.46. The number of hydrogen-bond donors (Lipinski definition) is 1. The Labute approximate surface area is 118 Å². The zero-order chi connectivity index (χ0) is 14.4. The molecule has 2 nitrogen and oxygen atoms in total. The van der Waals surface area contributed by atoms with Crippen molar-refractivity contribution in [1.82, 2.24) is 5.32 Å². The second-order valence-corrected chi connectivity index (χ2v) is 4.92. The molecule has 0 spiro atoms. The van der Waals surface area contributed by atoms with Gasteiger partial charge in [-0.05, 0) is 29.2 Å². The fourth-order valence-electron chi connectivity index (χ4n) is 2.06. The van der Waals surface area contributed by atoms with Crippen molar-refractivity contribution in [3.63, 3.8) is 0 Å². The molecule has 104 valence electrons. The van der Waals surface area contributed by atoms with Crippen LogP contribution in [0.15, 0.2) is 54.6 Å². The summed E-state index contributed by atoms with van der Waals surface area (Å²) in [6.07, 6.45) is 0.208. The highest BCUT2D eigenvalue weighted by Crippen LogP contribution is 2.13. The van der Waals surface area contributed by atoms with E-state index in [1.54, 1.807) is 12.1 Å². The number of benzene rings is 2. The second-order valence-electron chi connectivity index (χ2n) is 4.92. The third-order valence-electron chi connectivity index (χ3n) is 3.23. The van der Waals surface area contributed by atoms with Crippen LogP contribution in [0.4, 0.5) is 4.39 Å². The summed E-state index contributed by atoms with van der Waals surface area (Å²) in [5.74, 6) is -0.140. The van der Waals surface area contributed by atoms with Crippen LogP contribution in [-0.4, -0.2) is 12.5 Å². The number of nitrogens with one attached hydrogen (secondary N) is 1. The Balaban J connectivity index is 1.83. The van der Waals surface area contributed by atoms with Gasteiger partial charge in [-0.15, -0.1) is 0 Å². The molecule has 1 unspecified atom stereocenters. The number of carbonyl (C=O) groups is 1. The summed E-state index contributed by atoms with van der Waals surface area (Å²) >= 11 is 0. The van der Waals surface area contributed by atoms with Gasteiger partial charge in [0.15, 0.2) is 0 Å². The highest BCUT2D eigenvalue weighted by Gasteiger charge is 2.08. The van der Waals surface area contributed by atoms with E-state index in [0.717, 1.165) is 0 Å². The van der Waals surface area contributed by atoms with E-state index in [4.69, 9.17) is 0 Å². The van der Waals surface area contributed by atoms with Crippen molar-refractivity contribution >= 4 is 5.91 Å². The topological polar surface area (TPSA) is 29.1 Å². The molecule has 0 aliphatic carbocycles. The van der Waals surface area contributed by atoms with Gasteiger partial charge in [0, 0.05) is 6.54 Å². The number of hydrogen-bond acceptors (Lipinski definition) is 1. The predicted molar refractivity (Wildman–Crippen MR) is 78.0 cm³/mol. The molecule has 0 aliphatic rings. The van der Waals surface area contributed by atoms with Crippen LogP contribution in [0.2, 0.25) is 0 Å². The highest BCUT2D eigenvalue weighted by molar-refractivity contribution is 5.78. The molecule has 0 heterocycles. The van der Waals surface area contributed by atoms with Crippen molar-refractivity contribution in [1.29, 1.82) is 0 Å². The molecule has 0 saturated heterocycles. The maximum Gasteiger partial charge on any atom is 0.224 e. The molecule has 3 heteroatoms. The lowest BCUT2D eigenvalue weighted by Crippen LogP contribution is -2.28. The number of carbonyl (C=O) groups excluding carboxylic acids is 1. The van der Waals surface area contributed by atoms with Crippen LogP contribution in [0.3, 0.4) is 0 Å². The molecule has 0 bridgehead atoms.